The molecule has 0 bridgehead atoms. The van der Waals surface area contributed by atoms with Crippen LogP contribution in [0.5, 0.6) is 0 Å². The smallest absolute Gasteiger partial charge is 0.251 e. The molecule has 4 aromatic rings. The first-order valence-electron chi connectivity index (χ1n) is 15.9. The van der Waals surface area contributed by atoms with Crippen molar-refractivity contribution in [2.45, 2.75) is 56.8 Å². The van der Waals surface area contributed by atoms with Crippen molar-refractivity contribution in [2.24, 2.45) is 11.5 Å². The SMILES string of the molecule is CNCc1cccc(C(=O)N[C@H](Cc2ccc3ccccc3c2)C(=O)N[C@H](Cc2ccccc2)C(=O)N[C@@H](CCCCN)C(N)=O)c1. The van der Waals surface area contributed by atoms with E-state index in [4.69, 9.17) is 11.5 Å². The molecule has 0 fully saturated rings. The highest BCUT2D eigenvalue weighted by Crippen LogP contribution is 2.17. The highest BCUT2D eigenvalue weighted by molar-refractivity contribution is 5.99. The fourth-order valence-corrected chi connectivity index (χ4v) is 5.46. The van der Waals surface area contributed by atoms with E-state index in [-0.39, 0.29) is 12.8 Å². The molecule has 10 heteroatoms. The van der Waals surface area contributed by atoms with Crippen molar-refractivity contribution in [2.75, 3.05) is 13.6 Å². The third-order valence-electron chi connectivity index (χ3n) is 7.97. The molecule has 0 saturated carbocycles. The molecular weight excluding hydrogens is 592 g/mol. The van der Waals surface area contributed by atoms with Crippen LogP contribution >= 0.6 is 0 Å². The van der Waals surface area contributed by atoms with Crippen molar-refractivity contribution in [1.82, 2.24) is 21.3 Å². The summed E-state index contributed by atoms with van der Waals surface area (Å²) in [7, 11) is 1.82. The lowest BCUT2D eigenvalue weighted by molar-refractivity contribution is -0.132. The Morgan fingerprint density at radius 3 is 1.98 bits per heavy atom. The zero-order valence-electron chi connectivity index (χ0n) is 26.7. The number of carbonyl (C=O) groups excluding carboxylic acids is 4. The van der Waals surface area contributed by atoms with Gasteiger partial charge in [0.1, 0.15) is 18.1 Å². The highest BCUT2D eigenvalue weighted by atomic mass is 16.2. The van der Waals surface area contributed by atoms with Gasteiger partial charge in [0.05, 0.1) is 0 Å². The lowest BCUT2D eigenvalue weighted by Crippen LogP contribution is -2.57. The van der Waals surface area contributed by atoms with E-state index in [2.05, 4.69) is 21.3 Å². The standard InChI is InChI=1S/C37H44N6O4/c1-40-24-27-12-9-15-30(21-27)35(45)42-33(23-26-17-18-28-13-5-6-14-29(28)20-26)37(47)43-32(22-25-10-3-2-4-11-25)36(46)41-31(34(39)44)16-7-8-19-38/h2-6,9-15,17-18,20-21,31-33,40H,7-8,16,19,22-24,38H2,1H3,(H2,39,44)(H,41,46)(H,42,45)(H,43,47)/t31-,32+,33+/m0/s1. The molecule has 4 aromatic carbocycles. The summed E-state index contributed by atoms with van der Waals surface area (Å²) in [6.45, 7) is 1.03. The van der Waals surface area contributed by atoms with Gasteiger partial charge in [0.15, 0.2) is 0 Å². The Bertz CT molecular complexity index is 1660. The average Bonchev–Trinajstić information content (AvgIpc) is 3.07. The summed E-state index contributed by atoms with van der Waals surface area (Å²) < 4.78 is 0. The maximum absolute atomic E-state index is 14.1. The molecule has 246 valence electrons. The number of amides is 4. The van der Waals surface area contributed by atoms with Crippen LogP contribution in [0, 0.1) is 0 Å². The number of hydrogen-bond acceptors (Lipinski definition) is 6. The summed E-state index contributed by atoms with van der Waals surface area (Å²) in [6, 6.07) is 27.2. The largest absolute Gasteiger partial charge is 0.368 e. The van der Waals surface area contributed by atoms with Crippen LogP contribution in [0.1, 0.15) is 46.3 Å². The fraction of sp³-hybridized carbons (Fsp3) is 0.297. The van der Waals surface area contributed by atoms with Gasteiger partial charge in [-0.2, -0.15) is 0 Å². The number of rotatable bonds is 17. The summed E-state index contributed by atoms with van der Waals surface area (Å²) in [5, 5.41) is 13.7. The first-order valence-corrected chi connectivity index (χ1v) is 15.9. The topological polar surface area (TPSA) is 168 Å². The van der Waals surface area contributed by atoms with E-state index in [0.29, 0.717) is 37.9 Å². The number of fused-ring (bicyclic) bond motifs is 1. The van der Waals surface area contributed by atoms with Gasteiger partial charge in [-0.05, 0) is 72.5 Å². The molecule has 10 nitrogen and oxygen atoms in total. The van der Waals surface area contributed by atoms with Crippen molar-refractivity contribution in [3.8, 4) is 0 Å². The number of unbranched alkanes of at least 4 members (excludes halogenated alkanes) is 1. The summed E-state index contributed by atoms with van der Waals surface area (Å²) in [5.41, 5.74) is 14.2. The van der Waals surface area contributed by atoms with Crippen LogP contribution in [0.2, 0.25) is 0 Å². The van der Waals surface area contributed by atoms with Crippen molar-refractivity contribution in [3.63, 3.8) is 0 Å². The molecule has 0 spiro atoms. The van der Waals surface area contributed by atoms with Crippen LogP contribution in [-0.4, -0.2) is 55.3 Å². The minimum atomic E-state index is -1.05. The molecule has 4 rings (SSSR count). The Morgan fingerprint density at radius 1 is 0.638 bits per heavy atom. The molecular formula is C37H44N6O4. The lowest BCUT2D eigenvalue weighted by atomic mass is 9.99. The number of carbonyl (C=O) groups is 4. The quantitative estimate of drug-likeness (QED) is 0.0975. The normalized spacial score (nSPS) is 12.9. The Balaban J connectivity index is 1.61. The second-order valence-electron chi connectivity index (χ2n) is 11.6. The monoisotopic (exact) mass is 636 g/mol. The van der Waals surface area contributed by atoms with Gasteiger partial charge in [-0.15, -0.1) is 0 Å². The maximum Gasteiger partial charge on any atom is 0.251 e. The third kappa shape index (κ3) is 10.5. The van der Waals surface area contributed by atoms with Gasteiger partial charge >= 0.3 is 0 Å². The predicted octanol–water partition coefficient (Wildman–Crippen LogP) is 2.73. The number of nitrogens with two attached hydrogens (primary N) is 2. The van der Waals surface area contributed by atoms with Gasteiger partial charge in [0, 0.05) is 24.9 Å². The van der Waals surface area contributed by atoms with E-state index in [1.54, 1.807) is 18.2 Å². The molecule has 0 aliphatic rings. The van der Waals surface area contributed by atoms with E-state index in [1.165, 1.54) is 0 Å². The summed E-state index contributed by atoms with van der Waals surface area (Å²) >= 11 is 0. The Kier molecular flexibility index (Phi) is 13.0. The molecule has 0 radical (unpaired) electrons. The molecule has 0 aliphatic heterocycles. The van der Waals surface area contributed by atoms with Gasteiger partial charge in [-0.3, -0.25) is 19.2 Å². The van der Waals surface area contributed by atoms with Crippen molar-refractivity contribution in [3.05, 3.63) is 119 Å². The second-order valence-corrected chi connectivity index (χ2v) is 11.6. The maximum atomic E-state index is 14.1. The van der Waals surface area contributed by atoms with Crippen molar-refractivity contribution < 1.29 is 19.2 Å². The van der Waals surface area contributed by atoms with Crippen LogP contribution < -0.4 is 32.7 Å². The molecule has 8 N–H and O–H groups in total. The van der Waals surface area contributed by atoms with Gasteiger partial charge < -0.3 is 32.7 Å². The summed E-state index contributed by atoms with van der Waals surface area (Å²) in [5.74, 6) is -2.16. The average molecular weight is 637 g/mol. The second kappa shape index (κ2) is 17.6. The Labute approximate surface area is 275 Å². The molecule has 0 aromatic heterocycles. The van der Waals surface area contributed by atoms with Gasteiger partial charge in [-0.25, -0.2) is 0 Å². The zero-order chi connectivity index (χ0) is 33.6. The number of nitrogens with one attached hydrogen (secondary N) is 4. The molecule has 0 heterocycles. The highest BCUT2D eigenvalue weighted by Gasteiger charge is 2.30. The van der Waals surface area contributed by atoms with Crippen LogP contribution in [0.3, 0.4) is 0 Å². The molecule has 0 unspecified atom stereocenters. The predicted molar refractivity (Wildman–Crippen MR) is 184 cm³/mol. The lowest BCUT2D eigenvalue weighted by Gasteiger charge is -2.25. The number of primary amides is 1. The molecule has 0 saturated heterocycles. The minimum Gasteiger partial charge on any atom is -0.368 e. The van der Waals surface area contributed by atoms with E-state index in [1.807, 2.05) is 85.9 Å². The Morgan fingerprint density at radius 2 is 1.28 bits per heavy atom. The molecule has 0 aliphatic carbocycles. The van der Waals surface area contributed by atoms with Gasteiger partial charge in [0.25, 0.3) is 5.91 Å². The van der Waals surface area contributed by atoms with E-state index in [0.717, 1.165) is 27.5 Å². The molecule has 47 heavy (non-hydrogen) atoms. The van der Waals surface area contributed by atoms with E-state index >= 15 is 0 Å². The zero-order valence-corrected chi connectivity index (χ0v) is 26.7. The van der Waals surface area contributed by atoms with Gasteiger partial charge in [-0.1, -0.05) is 84.9 Å². The fourth-order valence-electron chi connectivity index (χ4n) is 5.46. The number of hydrogen-bond donors (Lipinski definition) is 6. The minimum absolute atomic E-state index is 0.162. The van der Waals surface area contributed by atoms with Crippen LogP contribution in [-0.2, 0) is 33.8 Å². The van der Waals surface area contributed by atoms with E-state index in [9.17, 15) is 19.2 Å². The molecule has 4 amide bonds. The molecule has 3 atom stereocenters. The van der Waals surface area contributed by atoms with Crippen molar-refractivity contribution in [1.29, 1.82) is 0 Å². The van der Waals surface area contributed by atoms with Crippen LogP contribution in [0.4, 0.5) is 0 Å². The van der Waals surface area contributed by atoms with Crippen LogP contribution in [0.15, 0.2) is 97.1 Å². The first-order chi connectivity index (χ1) is 22.8. The number of benzene rings is 4. The van der Waals surface area contributed by atoms with E-state index < -0.39 is 41.8 Å². The van der Waals surface area contributed by atoms with Crippen molar-refractivity contribution >= 4 is 34.4 Å². The Hall–Kier alpha value is -5.06. The first kappa shape index (κ1) is 34.8. The third-order valence-corrected chi connectivity index (χ3v) is 7.97. The van der Waals surface area contributed by atoms with Crippen LogP contribution in [0.25, 0.3) is 10.8 Å². The van der Waals surface area contributed by atoms with Gasteiger partial charge in [0.2, 0.25) is 17.7 Å². The summed E-state index contributed by atoms with van der Waals surface area (Å²) in [6.07, 6.45) is 1.96. The summed E-state index contributed by atoms with van der Waals surface area (Å²) in [4.78, 5) is 53.4.